The lowest BCUT2D eigenvalue weighted by Gasteiger charge is -2.33. The number of aromatic nitrogens is 2. The number of urea groups is 1. The van der Waals surface area contributed by atoms with Crippen molar-refractivity contribution in [2.45, 2.75) is 38.8 Å². The van der Waals surface area contributed by atoms with E-state index in [0.717, 1.165) is 36.3 Å². The predicted molar refractivity (Wildman–Crippen MR) is 105 cm³/mol. The van der Waals surface area contributed by atoms with Gasteiger partial charge < -0.3 is 20.3 Å². The third kappa shape index (κ3) is 4.87. The number of hydrogen-bond acceptors (Lipinski definition) is 5. The second-order valence-electron chi connectivity index (χ2n) is 6.92. The average molecular weight is 369 g/mol. The Kier molecular flexibility index (Phi) is 6.11. The number of nitrogens with zero attached hydrogens (tertiary/aromatic N) is 3. The van der Waals surface area contributed by atoms with Crippen LogP contribution in [0.15, 0.2) is 36.7 Å². The van der Waals surface area contributed by atoms with Crippen molar-refractivity contribution in [3.63, 3.8) is 0 Å². The molecular weight excluding hydrogens is 342 g/mol. The number of amides is 2. The molecule has 2 N–H and O–H groups in total. The molecule has 0 aliphatic carbocycles. The molecule has 1 aromatic carbocycles. The molecule has 0 radical (unpaired) electrons. The Morgan fingerprint density at radius 1 is 1.33 bits per heavy atom. The molecule has 2 aromatic rings. The molecule has 0 saturated carbocycles. The van der Waals surface area contributed by atoms with Gasteiger partial charge in [0.2, 0.25) is 5.95 Å². The van der Waals surface area contributed by atoms with Crippen LogP contribution in [-0.4, -0.2) is 42.2 Å². The highest BCUT2D eigenvalue weighted by Crippen LogP contribution is 2.26. The third-order valence-corrected chi connectivity index (χ3v) is 4.79. The molecule has 7 nitrogen and oxygen atoms in total. The van der Waals surface area contributed by atoms with Crippen molar-refractivity contribution in [2.75, 3.05) is 25.1 Å². The van der Waals surface area contributed by atoms with Crippen LogP contribution in [0.2, 0.25) is 0 Å². The van der Waals surface area contributed by atoms with Crippen molar-refractivity contribution in [2.24, 2.45) is 0 Å². The zero-order valence-electron chi connectivity index (χ0n) is 16.1. The fourth-order valence-electron chi connectivity index (χ4n) is 3.42. The summed E-state index contributed by atoms with van der Waals surface area (Å²) < 4.78 is 5.42. The highest BCUT2D eigenvalue weighted by atomic mass is 16.5. The molecular formula is C20H27N5O2. The first kappa shape index (κ1) is 18.9. The van der Waals surface area contributed by atoms with Crippen LogP contribution in [0.4, 0.5) is 10.7 Å². The summed E-state index contributed by atoms with van der Waals surface area (Å²) in [5.74, 6) is 1.49. The zero-order valence-corrected chi connectivity index (χ0v) is 16.1. The van der Waals surface area contributed by atoms with E-state index in [1.807, 2.05) is 32.0 Å². The van der Waals surface area contributed by atoms with Gasteiger partial charge in [0, 0.05) is 37.1 Å². The molecule has 1 aliphatic heterocycles. The SMILES string of the molecule is COc1ccc(C)cc1C(C)NC(=O)NC1CCCN(c2ncccn2)C1. The molecule has 2 heterocycles. The van der Waals surface area contributed by atoms with Gasteiger partial charge in [-0.15, -0.1) is 0 Å². The van der Waals surface area contributed by atoms with Gasteiger partial charge in [0.25, 0.3) is 0 Å². The number of benzene rings is 1. The number of ether oxygens (including phenoxy) is 1. The van der Waals surface area contributed by atoms with Gasteiger partial charge in [-0.05, 0) is 38.8 Å². The third-order valence-electron chi connectivity index (χ3n) is 4.79. The standard InChI is InChI=1S/C20H27N5O2/c1-14-7-8-18(27-3)17(12-14)15(2)23-20(26)24-16-6-4-11-25(13-16)19-21-9-5-10-22-19/h5,7-10,12,15-16H,4,6,11,13H2,1-3H3,(H2,23,24,26). The molecule has 2 amide bonds. The minimum absolute atomic E-state index is 0.0640. The highest BCUT2D eigenvalue weighted by molar-refractivity contribution is 5.75. The first-order valence-corrected chi connectivity index (χ1v) is 9.30. The molecule has 1 fully saturated rings. The normalized spacial score (nSPS) is 17.9. The minimum Gasteiger partial charge on any atom is -0.496 e. The first-order chi connectivity index (χ1) is 13.1. The van der Waals surface area contributed by atoms with E-state index in [4.69, 9.17) is 4.74 Å². The Morgan fingerprint density at radius 3 is 2.85 bits per heavy atom. The topological polar surface area (TPSA) is 79.4 Å². The van der Waals surface area contributed by atoms with E-state index in [-0.39, 0.29) is 18.1 Å². The van der Waals surface area contributed by atoms with Crippen molar-refractivity contribution in [3.05, 3.63) is 47.8 Å². The summed E-state index contributed by atoms with van der Waals surface area (Å²) in [7, 11) is 1.64. The van der Waals surface area contributed by atoms with Gasteiger partial charge in [-0.25, -0.2) is 14.8 Å². The van der Waals surface area contributed by atoms with E-state index in [9.17, 15) is 4.79 Å². The van der Waals surface area contributed by atoms with Crippen molar-refractivity contribution in [1.29, 1.82) is 0 Å². The molecule has 2 unspecified atom stereocenters. The molecule has 1 aliphatic rings. The Bertz CT molecular complexity index is 768. The molecule has 7 heteroatoms. The van der Waals surface area contributed by atoms with Crippen LogP contribution >= 0.6 is 0 Å². The lowest BCUT2D eigenvalue weighted by Crippen LogP contribution is -2.51. The first-order valence-electron chi connectivity index (χ1n) is 9.30. The van der Waals surface area contributed by atoms with E-state index < -0.39 is 0 Å². The number of aryl methyl sites for hydroxylation is 1. The van der Waals surface area contributed by atoms with Crippen LogP contribution in [0, 0.1) is 6.92 Å². The van der Waals surface area contributed by atoms with Crippen molar-refractivity contribution >= 4 is 12.0 Å². The van der Waals surface area contributed by atoms with Gasteiger partial charge in [0.15, 0.2) is 0 Å². The summed E-state index contributed by atoms with van der Waals surface area (Å²) in [4.78, 5) is 23.2. The number of methoxy groups -OCH3 is 1. The van der Waals surface area contributed by atoms with Crippen LogP contribution < -0.4 is 20.3 Å². The number of piperidine rings is 1. The molecule has 2 atom stereocenters. The maximum absolute atomic E-state index is 12.5. The van der Waals surface area contributed by atoms with Gasteiger partial charge in [-0.2, -0.15) is 0 Å². The lowest BCUT2D eigenvalue weighted by molar-refractivity contribution is 0.231. The largest absolute Gasteiger partial charge is 0.496 e. The number of hydrogen-bond donors (Lipinski definition) is 2. The summed E-state index contributed by atoms with van der Waals surface area (Å²) in [5.41, 5.74) is 2.10. The molecule has 1 saturated heterocycles. The Balaban J connectivity index is 1.58. The van der Waals surface area contributed by atoms with Gasteiger partial charge in [-0.3, -0.25) is 0 Å². The fourth-order valence-corrected chi connectivity index (χ4v) is 3.42. The van der Waals surface area contributed by atoms with E-state index in [1.54, 1.807) is 25.6 Å². The summed E-state index contributed by atoms with van der Waals surface area (Å²) in [6.45, 7) is 5.60. The summed E-state index contributed by atoms with van der Waals surface area (Å²) in [6, 6.07) is 7.51. The molecule has 144 valence electrons. The molecule has 0 spiro atoms. The second kappa shape index (κ2) is 8.70. The van der Waals surface area contributed by atoms with Crippen molar-refractivity contribution < 1.29 is 9.53 Å². The summed E-state index contributed by atoms with van der Waals surface area (Å²) in [6.07, 6.45) is 5.41. The number of carbonyl (C=O) groups excluding carboxylic acids is 1. The molecule has 27 heavy (non-hydrogen) atoms. The summed E-state index contributed by atoms with van der Waals surface area (Å²) >= 11 is 0. The van der Waals surface area contributed by atoms with Gasteiger partial charge in [0.05, 0.1) is 13.2 Å². The fraction of sp³-hybridized carbons (Fsp3) is 0.450. The Hall–Kier alpha value is -2.83. The zero-order chi connectivity index (χ0) is 19.2. The monoisotopic (exact) mass is 369 g/mol. The van der Waals surface area contributed by atoms with E-state index in [2.05, 4.69) is 25.5 Å². The molecule has 1 aromatic heterocycles. The number of anilines is 1. The molecule has 3 rings (SSSR count). The van der Waals surface area contributed by atoms with Crippen molar-refractivity contribution in [3.8, 4) is 5.75 Å². The second-order valence-corrected chi connectivity index (χ2v) is 6.92. The van der Waals surface area contributed by atoms with Crippen LogP contribution in [0.25, 0.3) is 0 Å². The van der Waals surface area contributed by atoms with Crippen LogP contribution in [-0.2, 0) is 0 Å². The summed E-state index contributed by atoms with van der Waals surface area (Å²) in [5, 5.41) is 6.10. The molecule has 0 bridgehead atoms. The maximum atomic E-state index is 12.5. The van der Waals surface area contributed by atoms with Gasteiger partial charge >= 0.3 is 6.03 Å². The van der Waals surface area contributed by atoms with E-state index in [0.29, 0.717) is 12.5 Å². The lowest BCUT2D eigenvalue weighted by atomic mass is 10.0. The highest BCUT2D eigenvalue weighted by Gasteiger charge is 2.24. The van der Waals surface area contributed by atoms with E-state index >= 15 is 0 Å². The number of carbonyl (C=O) groups is 1. The quantitative estimate of drug-likeness (QED) is 0.847. The average Bonchev–Trinajstić information content (AvgIpc) is 2.68. The maximum Gasteiger partial charge on any atom is 0.315 e. The smallest absolute Gasteiger partial charge is 0.315 e. The van der Waals surface area contributed by atoms with E-state index in [1.165, 1.54) is 0 Å². The predicted octanol–water partition coefficient (Wildman–Crippen LogP) is 2.82. The van der Waals surface area contributed by atoms with Crippen molar-refractivity contribution in [1.82, 2.24) is 20.6 Å². The van der Waals surface area contributed by atoms with Crippen LogP contribution in [0.1, 0.15) is 36.9 Å². The van der Waals surface area contributed by atoms with Gasteiger partial charge in [-0.1, -0.05) is 17.7 Å². The van der Waals surface area contributed by atoms with Crippen LogP contribution in [0.5, 0.6) is 5.75 Å². The van der Waals surface area contributed by atoms with Gasteiger partial charge in [0.1, 0.15) is 5.75 Å². The number of nitrogens with one attached hydrogen (secondary N) is 2. The Labute approximate surface area is 160 Å². The minimum atomic E-state index is -0.174. The number of rotatable bonds is 5. The Morgan fingerprint density at radius 2 is 2.11 bits per heavy atom. The van der Waals surface area contributed by atoms with Crippen LogP contribution in [0.3, 0.4) is 0 Å².